The molecule has 0 aromatic heterocycles. The van der Waals surface area contributed by atoms with E-state index in [-0.39, 0.29) is 9.64 Å². The molecule has 0 unspecified atom stereocenters. The third-order valence-electron chi connectivity index (χ3n) is 2.14. The number of halogens is 6. The Kier molecular flexibility index (Phi) is 4.22. The van der Waals surface area contributed by atoms with E-state index in [9.17, 15) is 32.1 Å². The lowest BCUT2D eigenvalue weighted by Crippen LogP contribution is -2.34. The molecule has 1 aromatic carbocycles. The molecule has 1 aromatic rings. The second kappa shape index (κ2) is 5.06. The Morgan fingerprint density at radius 3 is 2.16 bits per heavy atom. The van der Waals surface area contributed by atoms with Gasteiger partial charge in [-0.05, 0) is 22.6 Å². The Balaban J connectivity index is 3.61. The molecule has 0 aliphatic heterocycles. The lowest BCUT2D eigenvalue weighted by atomic mass is 10.1. The van der Waals surface area contributed by atoms with E-state index in [0.717, 1.165) is 13.2 Å². The first kappa shape index (κ1) is 15.9. The van der Waals surface area contributed by atoms with Crippen molar-refractivity contribution in [2.75, 3.05) is 7.11 Å². The van der Waals surface area contributed by atoms with Gasteiger partial charge in [0.05, 0.1) is 21.2 Å². The van der Waals surface area contributed by atoms with E-state index in [2.05, 4.69) is 4.74 Å². The normalized spacial score (nSPS) is 12.4. The van der Waals surface area contributed by atoms with Gasteiger partial charge in [-0.25, -0.2) is 0 Å². The lowest BCUT2D eigenvalue weighted by Gasteiger charge is -2.22. The minimum Gasteiger partial charge on any atom is -0.495 e. The number of methoxy groups -OCH3 is 1. The summed E-state index contributed by atoms with van der Waals surface area (Å²) in [5, 5.41) is 10.5. The summed E-state index contributed by atoms with van der Waals surface area (Å²) in [6.45, 7) is 0. The summed E-state index contributed by atoms with van der Waals surface area (Å²) in [6.07, 6.45) is -5.88. The predicted molar refractivity (Wildman–Crippen MR) is 62.3 cm³/mol. The molecule has 0 heterocycles. The largest absolute Gasteiger partial charge is 0.495 e. The standard InChI is InChI=1S/C9H5F5INO3/c1-19-7-5(8(10,11)9(12,13)14)2-4(16(17)18)3-6(7)15/h2-3H,1H3. The summed E-state index contributed by atoms with van der Waals surface area (Å²) < 4.78 is 67.8. The second-order valence-corrected chi connectivity index (χ2v) is 4.50. The first-order valence-corrected chi connectivity index (χ1v) is 5.57. The van der Waals surface area contributed by atoms with Crippen molar-refractivity contribution in [3.63, 3.8) is 0 Å². The second-order valence-electron chi connectivity index (χ2n) is 3.34. The molecule has 4 nitrogen and oxygen atoms in total. The molecule has 1 rings (SSSR count). The summed E-state index contributed by atoms with van der Waals surface area (Å²) in [5.74, 6) is -5.99. The summed E-state index contributed by atoms with van der Waals surface area (Å²) >= 11 is 1.38. The Morgan fingerprint density at radius 1 is 1.26 bits per heavy atom. The van der Waals surface area contributed by atoms with Gasteiger partial charge in [-0.2, -0.15) is 22.0 Å². The SMILES string of the molecule is COc1c(I)cc([N+](=O)[O-])cc1C(F)(F)C(F)(F)F. The Labute approximate surface area is 116 Å². The highest BCUT2D eigenvalue weighted by Crippen LogP contribution is 2.49. The highest BCUT2D eigenvalue weighted by molar-refractivity contribution is 14.1. The number of hydrogen-bond donors (Lipinski definition) is 0. The number of ether oxygens (including phenoxy) is 1. The number of alkyl halides is 5. The smallest absolute Gasteiger partial charge is 0.458 e. The van der Waals surface area contributed by atoms with Crippen LogP contribution >= 0.6 is 22.6 Å². The van der Waals surface area contributed by atoms with Crippen LogP contribution in [0.2, 0.25) is 0 Å². The van der Waals surface area contributed by atoms with Crippen LogP contribution in [-0.4, -0.2) is 18.2 Å². The quantitative estimate of drug-likeness (QED) is 0.337. The van der Waals surface area contributed by atoms with Crippen molar-refractivity contribution in [3.8, 4) is 5.75 Å². The van der Waals surface area contributed by atoms with E-state index in [4.69, 9.17) is 0 Å². The molecule has 0 amide bonds. The fourth-order valence-electron chi connectivity index (χ4n) is 1.28. The highest BCUT2D eigenvalue weighted by Gasteiger charge is 2.60. The van der Waals surface area contributed by atoms with Crippen molar-refractivity contribution >= 4 is 28.3 Å². The fraction of sp³-hybridized carbons (Fsp3) is 0.333. The summed E-state index contributed by atoms with van der Waals surface area (Å²) in [5.41, 5.74) is -2.45. The average Bonchev–Trinajstić information content (AvgIpc) is 2.26. The van der Waals surface area contributed by atoms with E-state index in [1.807, 2.05) is 0 Å². The van der Waals surface area contributed by atoms with Crippen LogP contribution in [0.25, 0.3) is 0 Å². The van der Waals surface area contributed by atoms with Gasteiger partial charge in [0.25, 0.3) is 5.69 Å². The fourth-order valence-corrected chi connectivity index (χ4v) is 2.11. The molecule has 0 bridgehead atoms. The predicted octanol–water partition coefficient (Wildman–Crippen LogP) is 3.86. The zero-order chi connectivity index (χ0) is 15.0. The molecule has 106 valence electrons. The maximum Gasteiger partial charge on any atom is 0.458 e. The van der Waals surface area contributed by atoms with Gasteiger partial charge in [0.2, 0.25) is 0 Å². The first-order chi connectivity index (χ1) is 8.52. The third kappa shape index (κ3) is 2.87. The molecule has 0 aliphatic carbocycles. The van der Waals surface area contributed by atoms with Gasteiger partial charge in [-0.1, -0.05) is 0 Å². The number of benzene rings is 1. The minimum absolute atomic E-state index is 0.161. The van der Waals surface area contributed by atoms with Crippen molar-refractivity contribution in [2.45, 2.75) is 12.1 Å². The molecule has 0 saturated carbocycles. The summed E-state index contributed by atoms with van der Waals surface area (Å²) in [6, 6.07) is 1.00. The molecule has 10 heteroatoms. The molecular formula is C9H5F5INO3. The maximum absolute atomic E-state index is 13.3. The lowest BCUT2D eigenvalue weighted by molar-refractivity contribution is -0.385. The number of nitrogens with zero attached hydrogens (tertiary/aromatic N) is 1. The molecule has 0 saturated heterocycles. The molecule has 0 spiro atoms. The van der Waals surface area contributed by atoms with Gasteiger partial charge in [-0.15, -0.1) is 0 Å². The molecule has 0 aliphatic rings. The average molecular weight is 397 g/mol. The number of nitro groups is 1. The monoisotopic (exact) mass is 397 g/mol. The van der Waals surface area contributed by atoms with Crippen molar-refractivity contribution in [2.24, 2.45) is 0 Å². The van der Waals surface area contributed by atoms with Crippen LogP contribution in [0.1, 0.15) is 5.56 Å². The zero-order valence-corrected chi connectivity index (χ0v) is 11.3. The molecule has 0 atom stereocenters. The van der Waals surface area contributed by atoms with E-state index < -0.39 is 34.0 Å². The minimum atomic E-state index is -5.88. The molecule has 0 radical (unpaired) electrons. The van der Waals surface area contributed by atoms with Crippen LogP contribution in [0, 0.1) is 13.7 Å². The van der Waals surface area contributed by atoms with Crippen molar-refractivity contribution in [1.29, 1.82) is 0 Å². The number of rotatable bonds is 3. The maximum atomic E-state index is 13.3. The van der Waals surface area contributed by atoms with Crippen LogP contribution in [0.15, 0.2) is 12.1 Å². The number of hydrogen-bond acceptors (Lipinski definition) is 3. The Morgan fingerprint density at radius 2 is 1.79 bits per heavy atom. The van der Waals surface area contributed by atoms with Gasteiger partial charge < -0.3 is 4.74 Å². The van der Waals surface area contributed by atoms with Crippen LogP contribution < -0.4 is 4.74 Å². The molecule has 0 fully saturated rings. The van der Waals surface area contributed by atoms with E-state index in [1.165, 1.54) is 22.6 Å². The van der Waals surface area contributed by atoms with Gasteiger partial charge >= 0.3 is 12.1 Å². The summed E-state index contributed by atoms with van der Waals surface area (Å²) in [4.78, 5) is 9.46. The summed E-state index contributed by atoms with van der Waals surface area (Å²) in [7, 11) is 0.902. The van der Waals surface area contributed by atoms with E-state index in [1.54, 1.807) is 0 Å². The van der Waals surface area contributed by atoms with E-state index in [0.29, 0.717) is 0 Å². The van der Waals surface area contributed by atoms with Crippen molar-refractivity contribution in [1.82, 2.24) is 0 Å². The van der Waals surface area contributed by atoms with Gasteiger partial charge in [-0.3, -0.25) is 10.1 Å². The van der Waals surface area contributed by atoms with Crippen LogP contribution in [0.3, 0.4) is 0 Å². The third-order valence-corrected chi connectivity index (χ3v) is 2.94. The molecule has 0 N–H and O–H groups in total. The highest BCUT2D eigenvalue weighted by atomic mass is 127. The topological polar surface area (TPSA) is 52.4 Å². The molecular weight excluding hydrogens is 392 g/mol. The van der Waals surface area contributed by atoms with Gasteiger partial charge in [0.15, 0.2) is 0 Å². The zero-order valence-electron chi connectivity index (χ0n) is 9.09. The number of nitro benzene ring substituents is 1. The Bertz CT molecular complexity index is 517. The van der Waals surface area contributed by atoms with Crippen molar-refractivity contribution < 1.29 is 31.6 Å². The Hall–Kier alpha value is -1.20. The van der Waals surface area contributed by atoms with Gasteiger partial charge in [0, 0.05) is 12.1 Å². The van der Waals surface area contributed by atoms with Gasteiger partial charge in [0.1, 0.15) is 5.75 Å². The number of non-ortho nitro benzene ring substituents is 1. The van der Waals surface area contributed by atoms with E-state index >= 15 is 0 Å². The van der Waals surface area contributed by atoms with Crippen LogP contribution in [0.4, 0.5) is 27.6 Å². The molecule has 19 heavy (non-hydrogen) atoms. The first-order valence-electron chi connectivity index (χ1n) is 4.49. The van der Waals surface area contributed by atoms with Crippen LogP contribution in [-0.2, 0) is 5.92 Å². The van der Waals surface area contributed by atoms with Crippen molar-refractivity contribution in [3.05, 3.63) is 31.4 Å². The van der Waals surface area contributed by atoms with Crippen LogP contribution in [0.5, 0.6) is 5.75 Å².